The molecule has 0 saturated heterocycles. The molecule has 25 heavy (non-hydrogen) atoms. The number of hydrogen-bond donors (Lipinski definition) is 1. The summed E-state index contributed by atoms with van der Waals surface area (Å²) in [5.74, 6) is 0.340. The van der Waals surface area contributed by atoms with Crippen molar-refractivity contribution in [1.29, 1.82) is 0 Å². The van der Waals surface area contributed by atoms with Crippen LogP contribution in [0.3, 0.4) is 0 Å². The van der Waals surface area contributed by atoms with Gasteiger partial charge in [-0.05, 0) is 36.8 Å². The zero-order valence-electron chi connectivity index (χ0n) is 12.6. The summed E-state index contributed by atoms with van der Waals surface area (Å²) < 4.78 is 31.8. The van der Waals surface area contributed by atoms with Gasteiger partial charge in [0.15, 0.2) is 5.82 Å². The van der Waals surface area contributed by atoms with Crippen LogP contribution in [-0.2, 0) is 10.0 Å². The first kappa shape index (κ1) is 18.4. The van der Waals surface area contributed by atoms with Crippen LogP contribution < -0.4 is 4.72 Å². The number of hydrogen-bond acceptors (Lipinski definition) is 5. The average Bonchev–Trinajstić information content (AvgIpc) is 2.93. The maximum absolute atomic E-state index is 12.6. The second-order valence-corrected chi connectivity index (χ2v) is 8.66. The van der Waals surface area contributed by atoms with Crippen molar-refractivity contribution in [2.24, 2.45) is 0 Å². The molecule has 1 heterocycles. The van der Waals surface area contributed by atoms with E-state index >= 15 is 0 Å². The number of sulfonamides is 1. The lowest BCUT2D eigenvalue weighted by molar-refractivity contribution is 0.600. The summed E-state index contributed by atoms with van der Waals surface area (Å²) in [7, 11) is -3.94. The molecule has 130 valence electrons. The fourth-order valence-electron chi connectivity index (χ4n) is 2.21. The van der Waals surface area contributed by atoms with Crippen LogP contribution in [0.25, 0.3) is 11.4 Å². The number of aryl methyl sites for hydroxylation is 1. The summed E-state index contributed by atoms with van der Waals surface area (Å²) in [6.45, 7) is 1.61. The maximum atomic E-state index is 12.6. The molecule has 0 bridgehead atoms. The van der Waals surface area contributed by atoms with Gasteiger partial charge in [0.25, 0.3) is 10.0 Å². The number of nitrogens with one attached hydrogen (secondary N) is 1. The fraction of sp³-hybridized carbons (Fsp3) is 0.0667. The van der Waals surface area contributed by atoms with Crippen LogP contribution in [-0.4, -0.2) is 17.8 Å². The lowest BCUT2D eigenvalue weighted by Crippen LogP contribution is -2.14. The van der Waals surface area contributed by atoms with Crippen LogP contribution in [0.5, 0.6) is 0 Å². The predicted molar refractivity (Wildman–Crippen MR) is 102 cm³/mol. The Bertz CT molecular complexity index is 1030. The van der Waals surface area contributed by atoms with Crippen LogP contribution in [0.2, 0.25) is 15.1 Å². The van der Waals surface area contributed by atoms with Gasteiger partial charge in [-0.25, -0.2) is 8.42 Å². The number of benzene rings is 2. The first-order chi connectivity index (χ1) is 11.8. The second-order valence-electron chi connectivity index (χ2n) is 5.04. The third kappa shape index (κ3) is 3.91. The molecule has 0 radical (unpaired) electrons. The Morgan fingerprint density at radius 1 is 1.08 bits per heavy atom. The summed E-state index contributed by atoms with van der Waals surface area (Å²) in [6, 6.07) is 9.94. The van der Waals surface area contributed by atoms with E-state index in [1.54, 1.807) is 31.2 Å². The van der Waals surface area contributed by atoms with Gasteiger partial charge in [-0.15, -0.1) is 0 Å². The Morgan fingerprint density at radius 3 is 2.48 bits per heavy atom. The van der Waals surface area contributed by atoms with Gasteiger partial charge in [0, 0.05) is 22.1 Å². The summed E-state index contributed by atoms with van der Waals surface area (Å²) in [4.78, 5) is 4.14. The number of anilines is 1. The minimum Gasteiger partial charge on any atom is -0.253 e. The molecule has 0 amide bonds. The van der Waals surface area contributed by atoms with Crippen molar-refractivity contribution in [3.63, 3.8) is 0 Å². The van der Waals surface area contributed by atoms with Crippen LogP contribution in [0, 0.1) is 6.92 Å². The number of aromatic nitrogens is 2. The molecule has 1 aromatic heterocycles. The summed E-state index contributed by atoms with van der Waals surface area (Å²) in [5.41, 5.74) is 1.05. The summed E-state index contributed by atoms with van der Waals surface area (Å²) >= 11 is 19.0. The molecule has 3 aromatic rings. The monoisotopic (exact) mass is 433 g/mol. The van der Waals surface area contributed by atoms with Gasteiger partial charge in [0.1, 0.15) is 4.90 Å². The van der Waals surface area contributed by atoms with Crippen molar-refractivity contribution in [2.75, 3.05) is 4.72 Å². The van der Waals surface area contributed by atoms with Crippen LogP contribution >= 0.6 is 46.3 Å². The van der Waals surface area contributed by atoms with Gasteiger partial charge in [-0.1, -0.05) is 46.9 Å². The Kier molecular flexibility index (Phi) is 5.22. The van der Waals surface area contributed by atoms with E-state index in [2.05, 4.69) is 14.1 Å². The highest BCUT2D eigenvalue weighted by atomic mass is 35.5. The lowest BCUT2D eigenvalue weighted by atomic mass is 10.2. The first-order valence-electron chi connectivity index (χ1n) is 6.85. The molecule has 3 rings (SSSR count). The highest BCUT2D eigenvalue weighted by Gasteiger charge is 2.23. The maximum Gasteiger partial charge on any atom is 0.265 e. The molecule has 2 aromatic carbocycles. The van der Waals surface area contributed by atoms with Gasteiger partial charge in [-0.2, -0.15) is 9.36 Å². The van der Waals surface area contributed by atoms with E-state index in [-0.39, 0.29) is 15.0 Å². The van der Waals surface area contributed by atoms with Crippen molar-refractivity contribution >= 4 is 61.5 Å². The molecular weight excluding hydrogens is 425 g/mol. The molecule has 0 fully saturated rings. The van der Waals surface area contributed by atoms with E-state index in [0.717, 1.165) is 11.5 Å². The highest BCUT2D eigenvalue weighted by molar-refractivity contribution is 7.93. The Morgan fingerprint density at radius 2 is 1.80 bits per heavy atom. The Balaban J connectivity index is 1.94. The van der Waals surface area contributed by atoms with Gasteiger partial charge < -0.3 is 0 Å². The van der Waals surface area contributed by atoms with E-state index in [9.17, 15) is 8.42 Å². The molecule has 5 nitrogen and oxygen atoms in total. The van der Waals surface area contributed by atoms with E-state index in [1.807, 2.05) is 0 Å². The average molecular weight is 435 g/mol. The summed E-state index contributed by atoms with van der Waals surface area (Å²) in [5, 5.41) is 0.985. The highest BCUT2D eigenvalue weighted by Crippen LogP contribution is 2.32. The number of nitrogens with zero attached hydrogens (tertiary/aromatic N) is 2. The number of rotatable bonds is 4. The molecule has 1 N–H and O–H groups in total. The predicted octanol–water partition coefficient (Wildman–Crippen LogP) is 5.27. The molecule has 0 unspecified atom stereocenters. The van der Waals surface area contributed by atoms with Crippen LogP contribution in [0.15, 0.2) is 41.3 Å². The minimum absolute atomic E-state index is 0.0355. The van der Waals surface area contributed by atoms with E-state index in [1.165, 1.54) is 12.1 Å². The molecule has 0 aliphatic rings. The van der Waals surface area contributed by atoms with Crippen molar-refractivity contribution in [2.45, 2.75) is 11.8 Å². The quantitative estimate of drug-likeness (QED) is 0.607. The van der Waals surface area contributed by atoms with E-state index in [0.29, 0.717) is 27.0 Å². The second kappa shape index (κ2) is 7.09. The third-order valence-electron chi connectivity index (χ3n) is 3.23. The van der Waals surface area contributed by atoms with Crippen molar-refractivity contribution in [1.82, 2.24) is 9.36 Å². The van der Waals surface area contributed by atoms with Gasteiger partial charge >= 0.3 is 0 Å². The van der Waals surface area contributed by atoms with E-state index in [4.69, 9.17) is 34.8 Å². The molecule has 0 saturated carbocycles. The van der Waals surface area contributed by atoms with Gasteiger partial charge in [-0.3, -0.25) is 4.72 Å². The summed E-state index contributed by atoms with van der Waals surface area (Å²) in [6.07, 6.45) is 0. The van der Waals surface area contributed by atoms with Gasteiger partial charge in [0.05, 0.1) is 10.0 Å². The van der Waals surface area contributed by atoms with Gasteiger partial charge in [0.2, 0.25) is 5.13 Å². The lowest BCUT2D eigenvalue weighted by Gasteiger charge is -2.10. The third-order valence-corrected chi connectivity index (χ3v) is 6.48. The smallest absolute Gasteiger partial charge is 0.253 e. The van der Waals surface area contributed by atoms with Crippen molar-refractivity contribution < 1.29 is 8.42 Å². The minimum atomic E-state index is -3.94. The zero-order valence-corrected chi connectivity index (χ0v) is 16.5. The van der Waals surface area contributed by atoms with E-state index < -0.39 is 10.0 Å². The topological polar surface area (TPSA) is 72.0 Å². The normalized spacial score (nSPS) is 11.5. The number of halogens is 3. The van der Waals surface area contributed by atoms with Crippen LogP contribution in [0.1, 0.15) is 5.56 Å². The largest absolute Gasteiger partial charge is 0.265 e. The Labute approximate surface area is 163 Å². The van der Waals surface area contributed by atoms with Crippen LogP contribution in [0.4, 0.5) is 5.13 Å². The molecule has 0 atom stereocenters. The zero-order chi connectivity index (χ0) is 18.2. The standard InChI is InChI=1S/C15H10Cl3N3O2S2/c1-8-6-9(16)7-12(18)13(8)25(22,23)21-15-19-14(20-24-15)10-4-2-3-5-11(10)17/h2-7H,1H3,(H,19,20,21). The molecule has 0 aliphatic carbocycles. The molecule has 0 spiro atoms. The first-order valence-corrected chi connectivity index (χ1v) is 10.2. The molecule has 0 aliphatic heterocycles. The van der Waals surface area contributed by atoms with Crippen molar-refractivity contribution in [3.05, 3.63) is 57.0 Å². The Hall–Kier alpha value is -1.38. The SMILES string of the molecule is Cc1cc(Cl)cc(Cl)c1S(=O)(=O)Nc1nc(-c2ccccc2Cl)ns1. The fourth-order valence-corrected chi connectivity index (χ4v) is 5.43. The molecule has 10 heteroatoms. The van der Waals surface area contributed by atoms with Crippen molar-refractivity contribution in [3.8, 4) is 11.4 Å². The molecular formula is C15H10Cl3N3O2S2.